The highest BCUT2D eigenvalue weighted by atomic mass is 16.5. The van der Waals surface area contributed by atoms with E-state index in [1.54, 1.807) is 0 Å². The van der Waals surface area contributed by atoms with Gasteiger partial charge in [0.25, 0.3) is 0 Å². The molecule has 0 spiro atoms. The molecule has 1 rings (SSSR count). The minimum Gasteiger partial charge on any atom is -0.466 e. The van der Waals surface area contributed by atoms with Gasteiger partial charge in [-0.05, 0) is 13.3 Å². The maximum Gasteiger partial charge on any atom is 0.309 e. The largest absolute Gasteiger partial charge is 0.466 e. The van der Waals surface area contributed by atoms with Crippen LogP contribution in [0, 0.1) is 5.92 Å². The molecule has 1 aliphatic rings. The fraction of sp³-hybridized carbons (Fsp3) is 0.900. The molecular weight excluding hydrogens is 182 g/mol. The first-order valence-electron chi connectivity index (χ1n) is 5.21. The third-order valence-electron chi connectivity index (χ3n) is 2.33. The second kappa shape index (κ2) is 5.98. The van der Waals surface area contributed by atoms with Crippen LogP contribution in [0.4, 0.5) is 0 Å². The van der Waals surface area contributed by atoms with Crippen LogP contribution in [0.3, 0.4) is 0 Å². The van der Waals surface area contributed by atoms with Crippen LogP contribution in [0.2, 0.25) is 0 Å². The minimum absolute atomic E-state index is 0.0736. The molecule has 0 bridgehead atoms. The standard InChI is InChI=1S/C10H19NO3/c1-3-14-10(12)8(2)6-11-9-4-5-13-7-9/h8-9,11H,3-7H2,1-2H3. The molecule has 4 heteroatoms. The quantitative estimate of drug-likeness (QED) is 0.660. The van der Waals surface area contributed by atoms with Crippen LogP contribution in [-0.2, 0) is 14.3 Å². The van der Waals surface area contributed by atoms with Crippen LogP contribution in [0.15, 0.2) is 0 Å². The zero-order valence-corrected chi connectivity index (χ0v) is 8.91. The fourth-order valence-corrected chi connectivity index (χ4v) is 1.41. The number of hydrogen-bond acceptors (Lipinski definition) is 4. The van der Waals surface area contributed by atoms with Gasteiger partial charge in [-0.1, -0.05) is 6.92 Å². The van der Waals surface area contributed by atoms with Crippen molar-refractivity contribution in [3.05, 3.63) is 0 Å². The molecule has 0 aromatic carbocycles. The zero-order chi connectivity index (χ0) is 10.4. The van der Waals surface area contributed by atoms with Crippen LogP contribution in [-0.4, -0.2) is 38.4 Å². The van der Waals surface area contributed by atoms with Gasteiger partial charge in [0.1, 0.15) is 0 Å². The van der Waals surface area contributed by atoms with Gasteiger partial charge >= 0.3 is 5.97 Å². The second-order valence-corrected chi connectivity index (χ2v) is 3.62. The molecule has 0 aromatic rings. The van der Waals surface area contributed by atoms with Gasteiger partial charge in [-0.25, -0.2) is 0 Å². The number of ether oxygens (including phenoxy) is 2. The van der Waals surface area contributed by atoms with Crippen molar-refractivity contribution in [2.24, 2.45) is 5.92 Å². The molecule has 1 N–H and O–H groups in total. The first kappa shape index (κ1) is 11.5. The third-order valence-corrected chi connectivity index (χ3v) is 2.33. The van der Waals surface area contributed by atoms with Crippen molar-refractivity contribution >= 4 is 5.97 Å². The number of rotatable bonds is 5. The van der Waals surface area contributed by atoms with Crippen molar-refractivity contribution in [1.82, 2.24) is 5.32 Å². The Bertz CT molecular complexity index is 178. The van der Waals surface area contributed by atoms with Gasteiger partial charge in [0, 0.05) is 19.2 Å². The van der Waals surface area contributed by atoms with Crippen molar-refractivity contribution < 1.29 is 14.3 Å². The van der Waals surface area contributed by atoms with Crippen LogP contribution in [0.25, 0.3) is 0 Å². The van der Waals surface area contributed by atoms with Crippen LogP contribution >= 0.6 is 0 Å². The van der Waals surface area contributed by atoms with Gasteiger partial charge in [-0.2, -0.15) is 0 Å². The highest BCUT2D eigenvalue weighted by Crippen LogP contribution is 2.04. The van der Waals surface area contributed by atoms with E-state index in [1.807, 2.05) is 13.8 Å². The Morgan fingerprint density at radius 2 is 2.50 bits per heavy atom. The third kappa shape index (κ3) is 3.64. The summed E-state index contributed by atoms with van der Waals surface area (Å²) in [5.74, 6) is -0.200. The summed E-state index contributed by atoms with van der Waals surface area (Å²) in [5.41, 5.74) is 0. The topological polar surface area (TPSA) is 47.6 Å². The Morgan fingerprint density at radius 1 is 1.71 bits per heavy atom. The average molecular weight is 201 g/mol. The summed E-state index contributed by atoms with van der Waals surface area (Å²) in [4.78, 5) is 11.3. The normalized spacial score (nSPS) is 23.4. The number of esters is 1. The molecule has 0 amide bonds. The molecule has 4 nitrogen and oxygen atoms in total. The molecule has 1 heterocycles. The van der Waals surface area contributed by atoms with Crippen molar-refractivity contribution in [1.29, 1.82) is 0 Å². The first-order chi connectivity index (χ1) is 6.74. The summed E-state index contributed by atoms with van der Waals surface area (Å²) in [5, 5.41) is 3.29. The molecule has 0 saturated carbocycles. The van der Waals surface area contributed by atoms with Gasteiger partial charge in [0.15, 0.2) is 0 Å². The molecule has 82 valence electrons. The molecule has 0 radical (unpaired) electrons. The molecule has 1 aliphatic heterocycles. The van der Waals surface area contributed by atoms with Gasteiger partial charge in [-0.15, -0.1) is 0 Å². The van der Waals surface area contributed by atoms with Crippen LogP contribution in [0.5, 0.6) is 0 Å². The minimum atomic E-state index is -0.126. The van der Waals surface area contributed by atoms with E-state index in [9.17, 15) is 4.79 Å². The maximum atomic E-state index is 11.3. The highest BCUT2D eigenvalue weighted by Gasteiger charge is 2.18. The van der Waals surface area contributed by atoms with Gasteiger partial charge in [0.2, 0.25) is 0 Å². The van der Waals surface area contributed by atoms with Crippen LogP contribution in [0.1, 0.15) is 20.3 Å². The zero-order valence-electron chi connectivity index (χ0n) is 8.91. The maximum absolute atomic E-state index is 11.3. The molecule has 2 unspecified atom stereocenters. The van der Waals surface area contributed by atoms with E-state index in [2.05, 4.69) is 5.32 Å². The molecule has 2 atom stereocenters. The Morgan fingerprint density at radius 3 is 3.07 bits per heavy atom. The molecular formula is C10H19NO3. The van der Waals surface area contributed by atoms with E-state index >= 15 is 0 Å². The van der Waals surface area contributed by atoms with E-state index in [1.165, 1.54) is 0 Å². The predicted molar refractivity (Wildman–Crippen MR) is 53.0 cm³/mol. The summed E-state index contributed by atoms with van der Waals surface area (Å²) in [6.45, 7) is 6.41. The molecule has 1 fully saturated rings. The van der Waals surface area contributed by atoms with Crippen LogP contribution < -0.4 is 5.32 Å². The summed E-state index contributed by atoms with van der Waals surface area (Å²) >= 11 is 0. The summed E-state index contributed by atoms with van der Waals surface area (Å²) in [6, 6.07) is 0.409. The summed E-state index contributed by atoms with van der Waals surface area (Å²) in [6.07, 6.45) is 1.04. The van der Waals surface area contributed by atoms with E-state index in [-0.39, 0.29) is 11.9 Å². The van der Waals surface area contributed by atoms with E-state index in [4.69, 9.17) is 9.47 Å². The lowest BCUT2D eigenvalue weighted by molar-refractivity contribution is -0.147. The number of carbonyl (C=O) groups is 1. The number of carbonyl (C=O) groups excluding carboxylic acids is 1. The average Bonchev–Trinajstić information content (AvgIpc) is 2.67. The van der Waals surface area contributed by atoms with Gasteiger partial charge in [-0.3, -0.25) is 4.79 Å². The SMILES string of the molecule is CCOC(=O)C(C)CNC1CCOC1. The lowest BCUT2D eigenvalue weighted by Crippen LogP contribution is -2.35. The number of hydrogen-bond donors (Lipinski definition) is 1. The van der Waals surface area contributed by atoms with E-state index < -0.39 is 0 Å². The fourth-order valence-electron chi connectivity index (χ4n) is 1.41. The Hall–Kier alpha value is -0.610. The van der Waals surface area contributed by atoms with Crippen molar-refractivity contribution in [2.75, 3.05) is 26.4 Å². The summed E-state index contributed by atoms with van der Waals surface area (Å²) in [7, 11) is 0. The van der Waals surface area contributed by atoms with E-state index in [0.29, 0.717) is 19.2 Å². The lowest BCUT2D eigenvalue weighted by Gasteiger charge is -2.14. The Kier molecular flexibility index (Phi) is 4.90. The monoisotopic (exact) mass is 201 g/mol. The second-order valence-electron chi connectivity index (χ2n) is 3.62. The highest BCUT2D eigenvalue weighted by molar-refractivity contribution is 5.72. The molecule has 14 heavy (non-hydrogen) atoms. The first-order valence-corrected chi connectivity index (χ1v) is 5.21. The van der Waals surface area contributed by atoms with Crippen molar-refractivity contribution in [3.63, 3.8) is 0 Å². The van der Waals surface area contributed by atoms with Gasteiger partial charge in [0.05, 0.1) is 19.1 Å². The number of nitrogens with one attached hydrogen (secondary N) is 1. The molecule has 0 aromatic heterocycles. The Labute approximate surface area is 85.0 Å². The summed E-state index contributed by atoms with van der Waals surface area (Å²) < 4.78 is 10.1. The Balaban J connectivity index is 2.13. The predicted octanol–water partition coefficient (Wildman–Crippen LogP) is 0.564. The molecule has 0 aliphatic carbocycles. The smallest absolute Gasteiger partial charge is 0.309 e. The lowest BCUT2D eigenvalue weighted by atomic mass is 10.1. The van der Waals surface area contributed by atoms with E-state index in [0.717, 1.165) is 19.6 Å². The van der Waals surface area contributed by atoms with Crippen molar-refractivity contribution in [3.8, 4) is 0 Å². The van der Waals surface area contributed by atoms with Crippen molar-refractivity contribution in [2.45, 2.75) is 26.3 Å². The molecule has 1 saturated heterocycles. The van der Waals surface area contributed by atoms with Gasteiger partial charge < -0.3 is 14.8 Å².